The Hall–Kier alpha value is -1.17. The van der Waals surface area contributed by atoms with Gasteiger partial charge in [0.25, 0.3) is 0 Å². The summed E-state index contributed by atoms with van der Waals surface area (Å²) in [6, 6.07) is 5.34. The third kappa shape index (κ3) is 3.93. The predicted octanol–water partition coefficient (Wildman–Crippen LogP) is 4.46. The maximum atomic E-state index is 12.7. The second-order valence-corrected chi connectivity index (χ2v) is 6.18. The van der Waals surface area contributed by atoms with Gasteiger partial charge in [-0.3, -0.25) is 4.99 Å². The first kappa shape index (κ1) is 16.2. The second kappa shape index (κ2) is 6.30. The highest BCUT2D eigenvalue weighted by Crippen LogP contribution is 2.31. The average Bonchev–Trinajstić information content (AvgIpc) is 2.89. The molecule has 21 heavy (non-hydrogen) atoms. The van der Waals surface area contributed by atoms with Crippen LogP contribution < -0.4 is 5.32 Å². The first-order valence-corrected chi connectivity index (χ1v) is 7.98. The molecule has 1 aromatic rings. The van der Waals surface area contributed by atoms with E-state index in [4.69, 9.17) is 0 Å². The summed E-state index contributed by atoms with van der Waals surface area (Å²) < 4.78 is 38.0. The van der Waals surface area contributed by atoms with E-state index in [9.17, 15) is 13.2 Å². The number of nitrogens with zero attached hydrogens (tertiary/aromatic N) is 1. The van der Waals surface area contributed by atoms with Gasteiger partial charge >= 0.3 is 6.18 Å². The lowest BCUT2D eigenvalue weighted by molar-refractivity contribution is -0.137. The Kier molecular flexibility index (Phi) is 4.86. The van der Waals surface area contributed by atoms with E-state index < -0.39 is 11.7 Å². The van der Waals surface area contributed by atoms with Crippen LogP contribution in [0.5, 0.6) is 0 Å². The number of rotatable bonds is 4. The molecule has 0 atom stereocenters. The van der Waals surface area contributed by atoms with Crippen molar-refractivity contribution in [1.29, 1.82) is 0 Å². The molecule has 0 aliphatic carbocycles. The van der Waals surface area contributed by atoms with Crippen molar-refractivity contribution in [2.75, 3.05) is 5.75 Å². The van der Waals surface area contributed by atoms with Crippen LogP contribution in [-0.2, 0) is 12.7 Å². The molecule has 2 rings (SSSR count). The van der Waals surface area contributed by atoms with Crippen LogP contribution in [0, 0.1) is 0 Å². The average molecular weight is 316 g/mol. The molecule has 1 fully saturated rings. The molecule has 1 N–H and O–H groups in total. The minimum Gasteiger partial charge on any atom is -0.359 e. The monoisotopic (exact) mass is 316 g/mol. The number of thioether (sulfide) groups is 1. The van der Waals surface area contributed by atoms with Gasteiger partial charge in [-0.2, -0.15) is 13.2 Å². The van der Waals surface area contributed by atoms with Crippen LogP contribution in [0.3, 0.4) is 0 Å². The molecule has 0 aromatic heterocycles. The van der Waals surface area contributed by atoms with E-state index in [-0.39, 0.29) is 12.1 Å². The summed E-state index contributed by atoms with van der Waals surface area (Å²) >= 11 is 1.64. The van der Waals surface area contributed by atoms with Gasteiger partial charge in [-0.25, -0.2) is 0 Å². The third-order valence-corrected chi connectivity index (χ3v) is 5.07. The Morgan fingerprint density at radius 2 is 2.00 bits per heavy atom. The van der Waals surface area contributed by atoms with Gasteiger partial charge < -0.3 is 5.32 Å². The number of benzene rings is 1. The molecule has 0 saturated carbocycles. The maximum absolute atomic E-state index is 12.7. The van der Waals surface area contributed by atoms with Crippen molar-refractivity contribution in [1.82, 2.24) is 5.32 Å². The fourth-order valence-corrected chi connectivity index (χ4v) is 3.57. The molecule has 0 spiro atoms. The zero-order valence-corrected chi connectivity index (χ0v) is 12.9. The fraction of sp³-hybridized carbons (Fsp3) is 0.533. The molecule has 116 valence electrons. The Bertz CT molecular complexity index is 522. The smallest absolute Gasteiger partial charge is 0.359 e. The van der Waals surface area contributed by atoms with Crippen molar-refractivity contribution in [3.05, 3.63) is 35.4 Å². The number of amidine groups is 1. The topological polar surface area (TPSA) is 24.4 Å². The molecule has 0 radical (unpaired) electrons. The SMILES string of the molecule is CCC1(CC)CSC(=NCc2cccc(C(F)(F)F)c2)N1. The van der Waals surface area contributed by atoms with Gasteiger partial charge in [0, 0.05) is 11.3 Å². The van der Waals surface area contributed by atoms with Gasteiger partial charge in [0.1, 0.15) is 0 Å². The lowest BCUT2D eigenvalue weighted by atomic mass is 9.96. The van der Waals surface area contributed by atoms with Crippen LogP contribution in [-0.4, -0.2) is 16.5 Å². The molecule has 1 aromatic carbocycles. The third-order valence-electron chi connectivity index (χ3n) is 3.87. The van der Waals surface area contributed by atoms with Crippen molar-refractivity contribution < 1.29 is 13.2 Å². The predicted molar refractivity (Wildman–Crippen MR) is 81.5 cm³/mol. The van der Waals surface area contributed by atoms with Crippen LogP contribution in [0.25, 0.3) is 0 Å². The molecular weight excluding hydrogens is 297 g/mol. The van der Waals surface area contributed by atoms with Crippen molar-refractivity contribution in [2.45, 2.75) is 44.9 Å². The Morgan fingerprint density at radius 3 is 2.57 bits per heavy atom. The zero-order chi connectivity index (χ0) is 15.5. The Morgan fingerprint density at radius 1 is 1.29 bits per heavy atom. The van der Waals surface area contributed by atoms with Crippen LogP contribution in [0.15, 0.2) is 29.3 Å². The maximum Gasteiger partial charge on any atom is 0.416 e. The quantitative estimate of drug-likeness (QED) is 0.887. The van der Waals surface area contributed by atoms with E-state index in [0.29, 0.717) is 5.56 Å². The van der Waals surface area contributed by atoms with Gasteiger partial charge in [-0.05, 0) is 30.5 Å². The van der Waals surface area contributed by atoms with E-state index in [1.54, 1.807) is 17.8 Å². The Balaban J connectivity index is 2.05. The number of aliphatic imine (C=N–C) groups is 1. The first-order valence-electron chi connectivity index (χ1n) is 7.00. The van der Waals surface area contributed by atoms with Gasteiger partial charge in [0.05, 0.1) is 12.1 Å². The summed E-state index contributed by atoms with van der Waals surface area (Å²) in [5, 5.41) is 4.24. The summed E-state index contributed by atoms with van der Waals surface area (Å²) in [6.07, 6.45) is -2.28. The molecule has 2 nitrogen and oxygen atoms in total. The summed E-state index contributed by atoms with van der Waals surface area (Å²) in [4.78, 5) is 4.41. The highest BCUT2D eigenvalue weighted by molar-refractivity contribution is 8.14. The molecule has 1 saturated heterocycles. The fourth-order valence-electron chi connectivity index (χ4n) is 2.23. The van der Waals surface area contributed by atoms with Crippen LogP contribution in [0.2, 0.25) is 0 Å². The van der Waals surface area contributed by atoms with Crippen LogP contribution >= 0.6 is 11.8 Å². The highest BCUT2D eigenvalue weighted by atomic mass is 32.2. The summed E-state index contributed by atoms with van der Waals surface area (Å²) in [7, 11) is 0. The van der Waals surface area contributed by atoms with E-state index in [0.717, 1.165) is 35.9 Å². The van der Waals surface area contributed by atoms with E-state index in [1.807, 2.05) is 0 Å². The molecule has 1 heterocycles. The standard InChI is InChI=1S/C15H19F3N2S/c1-3-14(4-2)10-21-13(20-14)19-9-11-6-5-7-12(8-11)15(16,17)18/h5-8H,3-4,9-10H2,1-2H3,(H,19,20). The second-order valence-electron chi connectivity index (χ2n) is 5.22. The van der Waals surface area contributed by atoms with Gasteiger partial charge in [-0.15, -0.1) is 0 Å². The van der Waals surface area contributed by atoms with E-state index in [1.165, 1.54) is 6.07 Å². The minimum atomic E-state index is -4.30. The lowest BCUT2D eigenvalue weighted by Crippen LogP contribution is -2.42. The van der Waals surface area contributed by atoms with Crippen molar-refractivity contribution in [2.24, 2.45) is 4.99 Å². The summed E-state index contributed by atoms with van der Waals surface area (Å²) in [6.45, 7) is 4.53. The molecule has 0 bridgehead atoms. The number of hydrogen-bond acceptors (Lipinski definition) is 2. The molecule has 0 amide bonds. The number of hydrogen-bond donors (Lipinski definition) is 1. The van der Waals surface area contributed by atoms with E-state index in [2.05, 4.69) is 24.2 Å². The zero-order valence-electron chi connectivity index (χ0n) is 12.1. The number of alkyl halides is 3. The molecule has 0 unspecified atom stereocenters. The van der Waals surface area contributed by atoms with Crippen molar-refractivity contribution in [3.63, 3.8) is 0 Å². The van der Waals surface area contributed by atoms with Crippen LogP contribution in [0.1, 0.15) is 37.8 Å². The largest absolute Gasteiger partial charge is 0.416 e. The molecule has 1 aliphatic rings. The molecule has 1 aliphatic heterocycles. The Labute approximate surface area is 127 Å². The van der Waals surface area contributed by atoms with E-state index >= 15 is 0 Å². The normalized spacial score (nSPS) is 19.8. The first-order chi connectivity index (χ1) is 9.88. The van der Waals surface area contributed by atoms with Crippen LogP contribution in [0.4, 0.5) is 13.2 Å². The molecule has 6 heteroatoms. The van der Waals surface area contributed by atoms with Crippen molar-refractivity contribution in [3.8, 4) is 0 Å². The number of halogens is 3. The molecular formula is C15H19F3N2S. The highest BCUT2D eigenvalue weighted by Gasteiger charge is 2.33. The summed E-state index contributed by atoms with van der Waals surface area (Å²) in [5.41, 5.74) is 0.0334. The summed E-state index contributed by atoms with van der Waals surface area (Å²) in [5.74, 6) is 0.960. The minimum absolute atomic E-state index is 0.0807. The van der Waals surface area contributed by atoms with Gasteiger partial charge in [0.15, 0.2) is 5.17 Å². The lowest BCUT2D eigenvalue weighted by Gasteiger charge is -2.25. The van der Waals surface area contributed by atoms with Gasteiger partial charge in [-0.1, -0.05) is 37.7 Å². The number of nitrogens with one attached hydrogen (secondary N) is 1. The van der Waals surface area contributed by atoms with Gasteiger partial charge in [0.2, 0.25) is 0 Å². The van der Waals surface area contributed by atoms with Crippen molar-refractivity contribution >= 4 is 16.9 Å².